The molecule has 0 atom stereocenters. The number of hydrogen-bond donors (Lipinski definition) is 1. The van der Waals surface area contributed by atoms with Gasteiger partial charge in [-0.1, -0.05) is 12.1 Å². The van der Waals surface area contributed by atoms with Crippen LogP contribution in [-0.2, 0) is 13.5 Å². The van der Waals surface area contributed by atoms with E-state index in [1.54, 1.807) is 0 Å². The summed E-state index contributed by atoms with van der Waals surface area (Å²) >= 11 is 0. The monoisotopic (exact) mass is 314 g/mol. The number of hydrogen-bond acceptors (Lipinski definition) is 3. The number of halogens is 2. The number of nitrogens with zero attached hydrogens (tertiary/aromatic N) is 3. The Labute approximate surface area is 132 Å². The van der Waals surface area contributed by atoms with Crippen molar-refractivity contribution in [3.8, 4) is 0 Å². The SMILES string of the molecule is Cl.Cl.Cn1cc(CCN2CCNc3ccccc32)cn1. The van der Waals surface area contributed by atoms with Gasteiger partial charge in [0.05, 0.1) is 17.6 Å². The molecule has 0 bridgehead atoms. The highest BCUT2D eigenvalue weighted by molar-refractivity contribution is 5.85. The van der Waals surface area contributed by atoms with Gasteiger partial charge in [-0.3, -0.25) is 4.68 Å². The van der Waals surface area contributed by atoms with Gasteiger partial charge in [-0.25, -0.2) is 0 Å². The van der Waals surface area contributed by atoms with Gasteiger partial charge < -0.3 is 10.2 Å². The Morgan fingerprint density at radius 2 is 2.05 bits per heavy atom. The van der Waals surface area contributed by atoms with E-state index in [-0.39, 0.29) is 24.8 Å². The molecule has 2 heterocycles. The van der Waals surface area contributed by atoms with Crippen molar-refractivity contribution in [2.75, 3.05) is 29.9 Å². The van der Waals surface area contributed by atoms with Gasteiger partial charge in [0.15, 0.2) is 0 Å². The number of nitrogens with one attached hydrogen (secondary N) is 1. The van der Waals surface area contributed by atoms with E-state index in [1.807, 2.05) is 17.9 Å². The minimum Gasteiger partial charge on any atom is -0.382 e. The fourth-order valence-electron chi connectivity index (χ4n) is 2.44. The molecule has 0 spiro atoms. The minimum absolute atomic E-state index is 0. The van der Waals surface area contributed by atoms with Crippen molar-refractivity contribution in [3.05, 3.63) is 42.2 Å². The lowest BCUT2D eigenvalue weighted by Crippen LogP contribution is -2.35. The van der Waals surface area contributed by atoms with Crippen LogP contribution in [0.25, 0.3) is 0 Å². The third-order valence-electron chi connectivity index (χ3n) is 3.37. The summed E-state index contributed by atoms with van der Waals surface area (Å²) in [5, 5.41) is 7.65. The lowest BCUT2D eigenvalue weighted by molar-refractivity contribution is 0.761. The number of aromatic nitrogens is 2. The standard InChI is InChI=1S/C14H18N4.2ClH/c1-17-11-12(10-16-17)6-8-18-9-7-15-13-4-2-3-5-14(13)18;;/h2-5,10-11,15H,6-9H2,1H3;2*1H. The Morgan fingerprint density at radius 1 is 1.25 bits per heavy atom. The summed E-state index contributed by atoms with van der Waals surface area (Å²) in [5.41, 5.74) is 3.86. The smallest absolute Gasteiger partial charge is 0.0602 e. The number of rotatable bonds is 3. The lowest BCUT2D eigenvalue weighted by atomic mass is 10.1. The van der Waals surface area contributed by atoms with E-state index in [2.05, 4.69) is 45.8 Å². The topological polar surface area (TPSA) is 33.1 Å². The van der Waals surface area contributed by atoms with Crippen LogP contribution in [0.1, 0.15) is 5.56 Å². The summed E-state index contributed by atoms with van der Waals surface area (Å²) in [5.74, 6) is 0. The van der Waals surface area contributed by atoms with E-state index >= 15 is 0 Å². The Balaban J connectivity index is 0.000001000. The number of anilines is 2. The van der Waals surface area contributed by atoms with Gasteiger partial charge in [0.2, 0.25) is 0 Å². The summed E-state index contributed by atoms with van der Waals surface area (Å²) in [6.45, 7) is 3.13. The van der Waals surface area contributed by atoms with Gasteiger partial charge in [0.25, 0.3) is 0 Å². The molecule has 1 aromatic carbocycles. The van der Waals surface area contributed by atoms with Gasteiger partial charge >= 0.3 is 0 Å². The molecule has 0 radical (unpaired) electrons. The summed E-state index contributed by atoms with van der Waals surface area (Å²) in [7, 11) is 1.96. The number of fused-ring (bicyclic) bond motifs is 1. The fourth-order valence-corrected chi connectivity index (χ4v) is 2.44. The van der Waals surface area contributed by atoms with Crippen molar-refractivity contribution < 1.29 is 0 Å². The van der Waals surface area contributed by atoms with Gasteiger partial charge in [0.1, 0.15) is 0 Å². The van der Waals surface area contributed by atoms with Crippen LogP contribution in [0.3, 0.4) is 0 Å². The van der Waals surface area contributed by atoms with E-state index in [4.69, 9.17) is 0 Å². The van der Waals surface area contributed by atoms with Gasteiger partial charge in [-0.05, 0) is 24.1 Å². The largest absolute Gasteiger partial charge is 0.382 e. The molecule has 4 nitrogen and oxygen atoms in total. The minimum atomic E-state index is 0. The first-order chi connectivity index (χ1) is 8.83. The average molecular weight is 315 g/mol. The van der Waals surface area contributed by atoms with E-state index in [0.29, 0.717) is 0 Å². The quantitative estimate of drug-likeness (QED) is 0.945. The van der Waals surface area contributed by atoms with Crippen molar-refractivity contribution in [1.82, 2.24) is 9.78 Å². The Bertz CT molecular complexity index is 541. The van der Waals surface area contributed by atoms with Crippen molar-refractivity contribution in [1.29, 1.82) is 0 Å². The molecule has 110 valence electrons. The summed E-state index contributed by atoms with van der Waals surface area (Å²) in [6, 6.07) is 8.51. The summed E-state index contributed by atoms with van der Waals surface area (Å²) in [6.07, 6.45) is 5.09. The first kappa shape index (κ1) is 16.7. The normalized spacial score (nSPS) is 12.8. The van der Waals surface area contributed by atoms with Crippen LogP contribution in [0.15, 0.2) is 36.7 Å². The van der Waals surface area contributed by atoms with Crippen molar-refractivity contribution in [2.24, 2.45) is 7.05 Å². The second kappa shape index (κ2) is 7.41. The second-order valence-corrected chi connectivity index (χ2v) is 4.70. The first-order valence-corrected chi connectivity index (χ1v) is 6.38. The van der Waals surface area contributed by atoms with E-state index in [0.717, 1.165) is 26.1 Å². The molecule has 2 aromatic rings. The second-order valence-electron chi connectivity index (χ2n) is 4.70. The summed E-state index contributed by atoms with van der Waals surface area (Å²) < 4.78 is 1.86. The molecule has 3 rings (SSSR count). The molecule has 1 N–H and O–H groups in total. The van der Waals surface area contributed by atoms with Crippen molar-refractivity contribution in [3.63, 3.8) is 0 Å². The van der Waals surface area contributed by atoms with Gasteiger partial charge in [-0.15, -0.1) is 24.8 Å². The molecule has 0 saturated carbocycles. The Morgan fingerprint density at radius 3 is 2.80 bits per heavy atom. The fraction of sp³-hybridized carbons (Fsp3) is 0.357. The Kier molecular flexibility index (Phi) is 6.17. The average Bonchev–Trinajstić information content (AvgIpc) is 2.82. The number of aryl methyl sites for hydroxylation is 1. The molecular weight excluding hydrogens is 295 g/mol. The molecule has 0 amide bonds. The molecule has 0 saturated heterocycles. The predicted molar refractivity (Wildman–Crippen MR) is 88.6 cm³/mol. The van der Waals surface area contributed by atoms with Gasteiger partial charge in [-0.2, -0.15) is 5.10 Å². The number of para-hydroxylation sites is 2. The zero-order valence-corrected chi connectivity index (χ0v) is 13.1. The maximum atomic E-state index is 4.21. The maximum Gasteiger partial charge on any atom is 0.0602 e. The van der Waals surface area contributed by atoms with Crippen LogP contribution in [-0.4, -0.2) is 29.4 Å². The molecule has 1 aliphatic rings. The molecule has 1 aromatic heterocycles. The lowest BCUT2D eigenvalue weighted by Gasteiger charge is -2.31. The predicted octanol–water partition coefficient (Wildman–Crippen LogP) is 2.74. The van der Waals surface area contributed by atoms with Crippen molar-refractivity contribution in [2.45, 2.75) is 6.42 Å². The molecular formula is C14H20Cl2N4. The van der Waals surface area contributed by atoms with Crippen LogP contribution < -0.4 is 10.2 Å². The molecule has 1 aliphatic heterocycles. The maximum absolute atomic E-state index is 4.21. The Hall–Kier alpha value is -1.39. The van der Waals surface area contributed by atoms with Crippen LogP contribution in [0.5, 0.6) is 0 Å². The van der Waals surface area contributed by atoms with E-state index in [1.165, 1.54) is 16.9 Å². The van der Waals surface area contributed by atoms with Crippen LogP contribution in [0.4, 0.5) is 11.4 Å². The zero-order valence-electron chi connectivity index (χ0n) is 11.5. The van der Waals surface area contributed by atoms with Crippen molar-refractivity contribution >= 4 is 36.2 Å². The van der Waals surface area contributed by atoms with Crippen LogP contribution in [0, 0.1) is 0 Å². The zero-order chi connectivity index (χ0) is 12.4. The van der Waals surface area contributed by atoms with Gasteiger partial charge in [0, 0.05) is 32.9 Å². The third kappa shape index (κ3) is 3.58. The summed E-state index contributed by atoms with van der Waals surface area (Å²) in [4.78, 5) is 2.44. The highest BCUT2D eigenvalue weighted by atomic mass is 35.5. The molecule has 20 heavy (non-hydrogen) atoms. The molecule has 0 aliphatic carbocycles. The molecule has 6 heteroatoms. The molecule has 0 fully saturated rings. The highest BCUT2D eigenvalue weighted by Gasteiger charge is 2.15. The number of benzene rings is 1. The third-order valence-corrected chi connectivity index (χ3v) is 3.37. The van der Waals surface area contributed by atoms with Crippen LogP contribution >= 0.6 is 24.8 Å². The first-order valence-electron chi connectivity index (χ1n) is 6.38. The highest BCUT2D eigenvalue weighted by Crippen LogP contribution is 2.28. The van der Waals surface area contributed by atoms with E-state index < -0.39 is 0 Å². The molecule has 0 unspecified atom stereocenters. The van der Waals surface area contributed by atoms with Crippen LogP contribution in [0.2, 0.25) is 0 Å². The van der Waals surface area contributed by atoms with E-state index in [9.17, 15) is 0 Å².